The van der Waals surface area contributed by atoms with Gasteiger partial charge in [-0.05, 0) is 61.7 Å². The van der Waals surface area contributed by atoms with Gasteiger partial charge in [0.1, 0.15) is 5.75 Å². The van der Waals surface area contributed by atoms with Crippen molar-refractivity contribution in [1.82, 2.24) is 0 Å². The second-order valence-electron chi connectivity index (χ2n) is 4.03. The third kappa shape index (κ3) is 7.25. The average Bonchev–Trinajstić information content (AvgIpc) is 2.59. The largest absolute Gasteiger partial charge is 0.494 e. The fourth-order valence-electron chi connectivity index (χ4n) is 1.55. The highest BCUT2D eigenvalue weighted by Crippen LogP contribution is 2.18. The van der Waals surface area contributed by atoms with Crippen LogP contribution in [0.15, 0.2) is 63.4 Å². The Labute approximate surface area is 139 Å². The lowest BCUT2D eigenvalue weighted by Crippen LogP contribution is -1.89. The van der Waals surface area contributed by atoms with Crippen molar-refractivity contribution in [3.63, 3.8) is 0 Å². The number of carbonyl (C=O) groups excluding carboxylic acids is 2. The highest BCUT2D eigenvalue weighted by Gasteiger charge is 1.91. The van der Waals surface area contributed by atoms with Crippen LogP contribution in [-0.2, 0) is 9.59 Å². The number of hydrogen-bond acceptors (Lipinski definition) is 6. The monoisotopic (exact) mass is 328 g/mol. The Kier molecular flexibility index (Phi) is 8.79. The molecule has 0 radical (unpaired) electrons. The van der Waals surface area contributed by atoms with Gasteiger partial charge >= 0.3 is 0 Å². The van der Waals surface area contributed by atoms with E-state index in [1.807, 2.05) is 25.3 Å². The molecule has 0 N–H and O–H groups in total. The summed E-state index contributed by atoms with van der Waals surface area (Å²) in [7, 11) is 0. The predicted octanol–water partition coefficient (Wildman–Crippen LogP) is 4.43. The van der Waals surface area contributed by atoms with E-state index in [9.17, 15) is 9.59 Å². The molecule has 118 valence electrons. The van der Waals surface area contributed by atoms with Crippen molar-refractivity contribution in [2.45, 2.75) is 11.8 Å². The van der Waals surface area contributed by atoms with Crippen LogP contribution in [0.2, 0.25) is 0 Å². The molecule has 2 aromatic rings. The molecule has 2 rings (SSSR count). The molecule has 0 aliphatic carbocycles. The van der Waals surface area contributed by atoms with Crippen molar-refractivity contribution in [1.29, 1.82) is 0 Å². The molecular formula is C17H16N2O3S. The van der Waals surface area contributed by atoms with Crippen LogP contribution in [0.5, 0.6) is 5.75 Å². The summed E-state index contributed by atoms with van der Waals surface area (Å²) >= 11 is 1.66. The Morgan fingerprint density at radius 2 is 1.39 bits per heavy atom. The lowest BCUT2D eigenvalue weighted by atomic mass is 10.3. The number of benzene rings is 2. The number of aliphatic imine (C=N–C) groups is 2. The van der Waals surface area contributed by atoms with E-state index in [1.165, 1.54) is 12.2 Å². The molecule has 0 unspecified atom stereocenters. The van der Waals surface area contributed by atoms with Crippen LogP contribution in [0.3, 0.4) is 0 Å². The lowest BCUT2D eigenvalue weighted by Gasteiger charge is -2.00. The van der Waals surface area contributed by atoms with E-state index in [4.69, 9.17) is 4.74 Å². The maximum Gasteiger partial charge on any atom is 0.240 e. The van der Waals surface area contributed by atoms with Gasteiger partial charge in [-0.2, -0.15) is 9.98 Å². The van der Waals surface area contributed by atoms with Crippen LogP contribution in [0.4, 0.5) is 11.4 Å². The van der Waals surface area contributed by atoms with E-state index in [1.54, 1.807) is 48.2 Å². The molecule has 0 fully saturated rings. The zero-order chi connectivity index (χ0) is 16.9. The van der Waals surface area contributed by atoms with Crippen molar-refractivity contribution >= 4 is 35.3 Å². The molecule has 0 aliphatic rings. The molecule has 0 aromatic heterocycles. The van der Waals surface area contributed by atoms with Crippen molar-refractivity contribution in [2.75, 3.05) is 12.9 Å². The Morgan fingerprint density at radius 1 is 0.913 bits per heavy atom. The Balaban J connectivity index is 0.000000231. The molecule has 0 atom stereocenters. The lowest BCUT2D eigenvalue weighted by molar-refractivity contribution is 0.340. The minimum atomic E-state index is 0.591. The molecule has 6 heteroatoms. The summed E-state index contributed by atoms with van der Waals surface area (Å²) in [4.78, 5) is 27.8. The molecule has 0 spiro atoms. The maximum absolute atomic E-state index is 9.86. The van der Waals surface area contributed by atoms with Crippen LogP contribution in [0.25, 0.3) is 0 Å². The first kappa shape index (κ1) is 18.4. The zero-order valence-electron chi connectivity index (χ0n) is 12.9. The van der Waals surface area contributed by atoms with Crippen molar-refractivity contribution in [2.24, 2.45) is 9.98 Å². The van der Waals surface area contributed by atoms with Crippen LogP contribution in [0.1, 0.15) is 6.92 Å². The molecule has 23 heavy (non-hydrogen) atoms. The number of rotatable bonds is 5. The number of nitrogens with zero attached hydrogens (tertiary/aromatic N) is 2. The van der Waals surface area contributed by atoms with Gasteiger partial charge in [0, 0.05) is 4.90 Å². The topological polar surface area (TPSA) is 68.1 Å². The highest BCUT2D eigenvalue weighted by molar-refractivity contribution is 7.98. The van der Waals surface area contributed by atoms with Crippen molar-refractivity contribution in [3.05, 3.63) is 48.5 Å². The summed E-state index contributed by atoms with van der Waals surface area (Å²) in [6, 6.07) is 14.3. The number of hydrogen-bond donors (Lipinski definition) is 0. The van der Waals surface area contributed by atoms with E-state index in [-0.39, 0.29) is 0 Å². The van der Waals surface area contributed by atoms with Gasteiger partial charge in [0.2, 0.25) is 12.2 Å². The second kappa shape index (κ2) is 11.0. The average molecular weight is 328 g/mol. The maximum atomic E-state index is 9.86. The smallest absolute Gasteiger partial charge is 0.240 e. The molecule has 2 aromatic carbocycles. The van der Waals surface area contributed by atoms with Gasteiger partial charge in [-0.3, -0.25) is 0 Å². The fraction of sp³-hybridized carbons (Fsp3) is 0.176. The molecule has 0 aliphatic heterocycles. The number of thioether (sulfide) groups is 1. The molecule has 0 saturated carbocycles. The predicted molar refractivity (Wildman–Crippen MR) is 91.4 cm³/mol. The third-order valence-electron chi connectivity index (χ3n) is 2.57. The van der Waals surface area contributed by atoms with Crippen LogP contribution < -0.4 is 4.74 Å². The summed E-state index contributed by atoms with van der Waals surface area (Å²) in [6.07, 6.45) is 4.96. The van der Waals surface area contributed by atoms with E-state index >= 15 is 0 Å². The van der Waals surface area contributed by atoms with Gasteiger partial charge in [-0.15, -0.1) is 11.8 Å². The highest BCUT2D eigenvalue weighted by atomic mass is 32.2. The first-order valence-electron chi connectivity index (χ1n) is 6.76. The van der Waals surface area contributed by atoms with Crippen molar-refractivity contribution < 1.29 is 14.3 Å². The minimum absolute atomic E-state index is 0.591. The molecule has 0 heterocycles. The Hall–Kier alpha value is -2.65. The molecule has 0 bridgehead atoms. The second-order valence-corrected chi connectivity index (χ2v) is 4.91. The molecule has 5 nitrogen and oxygen atoms in total. The fourth-order valence-corrected chi connectivity index (χ4v) is 1.95. The van der Waals surface area contributed by atoms with E-state index < -0.39 is 0 Å². The molecule has 0 amide bonds. The van der Waals surface area contributed by atoms with Gasteiger partial charge in [0.05, 0.1) is 18.0 Å². The van der Waals surface area contributed by atoms with Gasteiger partial charge < -0.3 is 4.74 Å². The van der Waals surface area contributed by atoms with Gasteiger partial charge in [0.15, 0.2) is 0 Å². The van der Waals surface area contributed by atoms with Crippen LogP contribution >= 0.6 is 11.8 Å². The van der Waals surface area contributed by atoms with Gasteiger partial charge in [0.25, 0.3) is 0 Å². The number of ether oxygens (including phenoxy) is 1. The molecular weight excluding hydrogens is 312 g/mol. The van der Waals surface area contributed by atoms with Crippen LogP contribution in [0, 0.1) is 0 Å². The van der Waals surface area contributed by atoms with Gasteiger partial charge in [-0.25, -0.2) is 9.59 Å². The summed E-state index contributed by atoms with van der Waals surface area (Å²) in [5, 5.41) is 0. The zero-order valence-corrected chi connectivity index (χ0v) is 13.7. The van der Waals surface area contributed by atoms with Gasteiger partial charge in [-0.1, -0.05) is 0 Å². The van der Waals surface area contributed by atoms with E-state index in [2.05, 4.69) is 9.98 Å². The van der Waals surface area contributed by atoms with E-state index in [0.29, 0.717) is 18.0 Å². The normalized spacial score (nSPS) is 8.78. The van der Waals surface area contributed by atoms with Crippen LogP contribution in [-0.4, -0.2) is 25.0 Å². The summed E-state index contributed by atoms with van der Waals surface area (Å²) in [5.74, 6) is 0.780. The van der Waals surface area contributed by atoms with E-state index in [0.717, 1.165) is 10.6 Å². The summed E-state index contributed by atoms with van der Waals surface area (Å²) in [6.45, 7) is 2.55. The first-order valence-corrected chi connectivity index (χ1v) is 7.98. The Bertz CT molecular complexity index is 687. The minimum Gasteiger partial charge on any atom is -0.494 e. The van der Waals surface area contributed by atoms with Crippen molar-refractivity contribution in [3.8, 4) is 5.75 Å². The third-order valence-corrected chi connectivity index (χ3v) is 3.31. The first-order chi connectivity index (χ1) is 11.2. The standard InChI is InChI=1S/C9H9NO2.C8H7NOS/c1-2-12-9-5-3-8(4-6-9)10-7-11;1-11-8-4-2-7(3-5-8)9-6-10/h3-6H,2H2,1H3;2-5H,1H3. The Morgan fingerprint density at radius 3 is 1.78 bits per heavy atom. The summed E-state index contributed by atoms with van der Waals surface area (Å²) < 4.78 is 5.20. The SMILES string of the molecule is CCOc1ccc(N=C=O)cc1.CSc1ccc(N=C=O)cc1. The quantitative estimate of drug-likeness (QED) is 0.462. The number of isocyanates is 2. The summed E-state index contributed by atoms with van der Waals surface area (Å²) in [5.41, 5.74) is 1.24. The molecule has 0 saturated heterocycles.